The van der Waals surface area contributed by atoms with Crippen molar-refractivity contribution in [1.29, 1.82) is 0 Å². The van der Waals surface area contributed by atoms with Gasteiger partial charge in [-0.25, -0.2) is 31.6 Å². The highest BCUT2D eigenvalue weighted by Gasteiger charge is 2.51. The van der Waals surface area contributed by atoms with Crippen molar-refractivity contribution in [3.63, 3.8) is 0 Å². The Morgan fingerprint density at radius 1 is 1.34 bits per heavy atom. The van der Waals surface area contributed by atoms with E-state index in [1.165, 1.54) is 24.5 Å². The van der Waals surface area contributed by atoms with Crippen molar-refractivity contribution in [1.82, 2.24) is 9.97 Å². The van der Waals surface area contributed by atoms with E-state index >= 15 is 0 Å². The molecule has 1 aliphatic rings. The van der Waals surface area contributed by atoms with Crippen LogP contribution in [0.1, 0.15) is 43.5 Å². The van der Waals surface area contributed by atoms with Crippen molar-refractivity contribution >= 4 is 27.6 Å². The van der Waals surface area contributed by atoms with Gasteiger partial charge in [0.2, 0.25) is 5.88 Å². The normalized spacial score (nSPS) is 23.8. The first-order chi connectivity index (χ1) is 16.3. The van der Waals surface area contributed by atoms with Crippen molar-refractivity contribution in [2.24, 2.45) is 10.7 Å². The van der Waals surface area contributed by atoms with Gasteiger partial charge in [0.05, 0.1) is 17.9 Å². The van der Waals surface area contributed by atoms with Gasteiger partial charge in [0.25, 0.3) is 0 Å². The Kier molecular flexibility index (Phi) is 7.26. The number of sulfone groups is 1. The lowest BCUT2D eigenvalue weighted by atomic mass is 9.81. The maximum atomic E-state index is 14.8. The number of halogens is 3. The molecule has 7 nitrogen and oxygen atoms in total. The maximum absolute atomic E-state index is 14.8. The van der Waals surface area contributed by atoms with E-state index in [2.05, 4.69) is 20.9 Å². The lowest BCUT2D eigenvalue weighted by Gasteiger charge is -2.39. The van der Waals surface area contributed by atoms with E-state index in [0.717, 1.165) is 18.4 Å². The largest absolute Gasteiger partial charge is 0.460 e. The highest BCUT2D eigenvalue weighted by Crippen LogP contribution is 2.42. The van der Waals surface area contributed by atoms with E-state index in [9.17, 15) is 21.6 Å². The van der Waals surface area contributed by atoms with Gasteiger partial charge >= 0.3 is 0 Å². The zero-order valence-electron chi connectivity index (χ0n) is 19.4. The number of ether oxygens (including phenoxy) is 1. The van der Waals surface area contributed by atoms with Crippen LogP contribution in [0.25, 0.3) is 11.9 Å². The summed E-state index contributed by atoms with van der Waals surface area (Å²) < 4.78 is 71.2. The summed E-state index contributed by atoms with van der Waals surface area (Å²) in [6, 6.07) is 3.89. The fraction of sp³-hybridized carbons (Fsp3) is 0.375. The Hall–Kier alpha value is -3.39. The van der Waals surface area contributed by atoms with Crippen molar-refractivity contribution in [2.75, 3.05) is 12.9 Å². The minimum atomic E-state index is -3.91. The second kappa shape index (κ2) is 9.70. The molecule has 3 atom stereocenters. The van der Waals surface area contributed by atoms with E-state index in [0.29, 0.717) is 5.56 Å². The van der Waals surface area contributed by atoms with Crippen molar-refractivity contribution in [3.05, 3.63) is 53.2 Å². The van der Waals surface area contributed by atoms with E-state index < -0.39 is 50.4 Å². The Balaban J connectivity index is 1.94. The van der Waals surface area contributed by atoms with Gasteiger partial charge in [0.1, 0.15) is 24.0 Å². The quantitative estimate of drug-likeness (QED) is 0.575. The summed E-state index contributed by atoms with van der Waals surface area (Å²) in [6.45, 7) is 1.97. The molecule has 0 bridgehead atoms. The molecule has 0 unspecified atom stereocenters. The average molecular weight is 507 g/mol. The third kappa shape index (κ3) is 5.17. The van der Waals surface area contributed by atoms with E-state index in [-0.39, 0.29) is 30.0 Å². The Morgan fingerprint density at radius 2 is 2.06 bits per heavy atom. The Morgan fingerprint density at radius 3 is 2.60 bits per heavy atom. The van der Waals surface area contributed by atoms with Gasteiger partial charge in [0.15, 0.2) is 26.5 Å². The number of nitrogens with two attached hydrogens (primary N) is 1. The highest BCUT2D eigenvalue weighted by atomic mass is 32.2. The van der Waals surface area contributed by atoms with Crippen LogP contribution >= 0.6 is 0 Å². The molecule has 2 N–H and O–H groups in total. The summed E-state index contributed by atoms with van der Waals surface area (Å²) in [5.41, 5.74) is 4.93. The first-order valence-electron chi connectivity index (χ1n) is 10.6. The molecular formula is C24H25F3N4O3S. The van der Waals surface area contributed by atoms with Crippen LogP contribution in [-0.4, -0.2) is 48.0 Å². The minimum absolute atomic E-state index is 0.0142. The molecule has 0 saturated carbocycles. The standard InChI is InChI=1S/C24H25F3N4O3S/c1-5-15(2)34-21-13-29-20(12-30-21)19(27)11-16-6-7-18(26)17(10-16)23(3)8-9-24(14-25,22(28)31-23)35(4,32)33/h1,6-7,10-13,15H,8-9,14H2,2-4H3,(H2,28,31)/b19-11-/t15-,23-,24-/m0/s1. The number of nitrogens with zero attached hydrogens (tertiary/aromatic N) is 3. The predicted octanol–water partition coefficient (Wildman–Crippen LogP) is 3.60. The molecule has 2 heterocycles. The number of aromatic nitrogens is 2. The Labute approximate surface area is 202 Å². The number of terminal acetylenes is 1. The van der Waals surface area contributed by atoms with Crippen LogP contribution in [0, 0.1) is 18.2 Å². The first kappa shape index (κ1) is 26.2. The molecule has 186 valence electrons. The zero-order valence-corrected chi connectivity index (χ0v) is 20.2. The van der Waals surface area contributed by atoms with Crippen molar-refractivity contribution < 1.29 is 26.3 Å². The van der Waals surface area contributed by atoms with Crippen LogP contribution < -0.4 is 10.5 Å². The summed E-state index contributed by atoms with van der Waals surface area (Å²) in [4.78, 5) is 12.1. The molecule has 1 aromatic heterocycles. The van der Waals surface area contributed by atoms with E-state index in [1.807, 2.05) is 0 Å². The molecule has 0 fully saturated rings. The molecule has 11 heteroatoms. The van der Waals surface area contributed by atoms with Crippen LogP contribution in [0.5, 0.6) is 5.88 Å². The van der Waals surface area contributed by atoms with Crippen LogP contribution in [-0.2, 0) is 15.4 Å². The molecule has 0 spiro atoms. The van der Waals surface area contributed by atoms with Crippen molar-refractivity contribution in [2.45, 2.75) is 43.1 Å². The first-order valence-corrected chi connectivity index (χ1v) is 12.5. The fourth-order valence-corrected chi connectivity index (χ4v) is 4.88. The number of benzene rings is 1. The number of hydrogen-bond acceptors (Lipinski definition) is 7. The van der Waals surface area contributed by atoms with Gasteiger partial charge in [0, 0.05) is 11.8 Å². The molecule has 0 amide bonds. The molecule has 2 aromatic rings. The van der Waals surface area contributed by atoms with Gasteiger partial charge in [-0.05, 0) is 50.5 Å². The average Bonchev–Trinajstić information content (AvgIpc) is 2.80. The summed E-state index contributed by atoms with van der Waals surface area (Å²) in [5.74, 6) is 0.707. The van der Waals surface area contributed by atoms with Gasteiger partial charge in [-0.2, -0.15) is 0 Å². The number of aliphatic imine (C=N–C) groups is 1. The number of hydrogen-bond donors (Lipinski definition) is 1. The summed E-state index contributed by atoms with van der Waals surface area (Å²) in [6.07, 6.45) is 8.98. The second-order valence-electron chi connectivity index (χ2n) is 8.57. The topological polar surface area (TPSA) is 108 Å². The van der Waals surface area contributed by atoms with Gasteiger partial charge < -0.3 is 10.5 Å². The van der Waals surface area contributed by atoms with Crippen LogP contribution in [0.4, 0.5) is 13.2 Å². The number of rotatable bonds is 7. The SMILES string of the molecule is C#C[C@H](C)Oc1cnc(/C(F)=C/c2ccc(F)c([C@]3(C)CC[C@@](CF)(S(C)(=O)=O)C(N)=N3)c2)cn1. The van der Waals surface area contributed by atoms with Crippen LogP contribution in [0.15, 0.2) is 35.6 Å². The zero-order chi connectivity index (χ0) is 26.0. The molecule has 0 aliphatic carbocycles. The van der Waals surface area contributed by atoms with Gasteiger partial charge in [-0.3, -0.25) is 4.99 Å². The molecule has 1 aliphatic heterocycles. The summed E-state index contributed by atoms with van der Waals surface area (Å²) >= 11 is 0. The van der Waals surface area contributed by atoms with Crippen molar-refractivity contribution in [3.8, 4) is 18.2 Å². The molecule has 0 saturated heterocycles. The van der Waals surface area contributed by atoms with Gasteiger partial charge in [-0.1, -0.05) is 12.0 Å². The number of alkyl halides is 1. The van der Waals surface area contributed by atoms with Crippen LogP contribution in [0.2, 0.25) is 0 Å². The monoisotopic (exact) mass is 506 g/mol. The van der Waals surface area contributed by atoms with E-state index in [4.69, 9.17) is 16.9 Å². The molecular weight excluding hydrogens is 481 g/mol. The van der Waals surface area contributed by atoms with E-state index in [1.54, 1.807) is 13.8 Å². The van der Waals surface area contributed by atoms with Gasteiger partial charge in [-0.15, -0.1) is 6.42 Å². The predicted molar refractivity (Wildman–Crippen MR) is 128 cm³/mol. The smallest absolute Gasteiger partial charge is 0.233 e. The fourth-order valence-electron chi connectivity index (χ4n) is 3.78. The molecule has 35 heavy (non-hydrogen) atoms. The summed E-state index contributed by atoms with van der Waals surface area (Å²) in [5, 5.41) is 0. The maximum Gasteiger partial charge on any atom is 0.233 e. The summed E-state index contributed by atoms with van der Waals surface area (Å²) in [7, 11) is -3.91. The van der Waals surface area contributed by atoms with Crippen LogP contribution in [0.3, 0.4) is 0 Å². The second-order valence-corrected chi connectivity index (χ2v) is 10.9. The third-order valence-corrected chi connectivity index (χ3v) is 7.99. The lowest BCUT2D eigenvalue weighted by molar-refractivity contribution is 0.266. The minimum Gasteiger partial charge on any atom is -0.460 e. The third-order valence-electron chi connectivity index (χ3n) is 6.04. The molecule has 0 radical (unpaired) electrons. The Bertz CT molecular complexity index is 1320. The number of amidine groups is 1. The highest BCUT2D eigenvalue weighted by molar-refractivity contribution is 7.93. The molecule has 3 rings (SSSR count). The molecule has 1 aromatic carbocycles. The lowest BCUT2D eigenvalue weighted by Crippen LogP contribution is -2.56.